The molecule has 3 aromatic rings. The lowest BCUT2D eigenvalue weighted by molar-refractivity contribution is -0.886. The number of benzene rings is 2. The van der Waals surface area contributed by atoms with Crippen LogP contribution in [0.2, 0.25) is 0 Å². The number of fused-ring (bicyclic) bond motifs is 1. The number of amides is 1. The van der Waals surface area contributed by atoms with E-state index in [1.807, 2.05) is 48.7 Å². The fraction of sp³-hybridized carbons (Fsp3) is 0.280. The minimum absolute atomic E-state index is 0.137. The molecule has 0 fully saturated rings. The van der Waals surface area contributed by atoms with E-state index in [-0.39, 0.29) is 5.91 Å². The molecule has 6 heteroatoms. The largest absolute Gasteiger partial charge is 0.467 e. The van der Waals surface area contributed by atoms with Crippen molar-refractivity contribution in [3.05, 3.63) is 78.0 Å². The molecule has 3 N–H and O–H groups in total. The summed E-state index contributed by atoms with van der Waals surface area (Å²) in [5.41, 5.74) is 4.56. The number of hydrogen-bond acceptors (Lipinski definition) is 3. The second-order valence-electron chi connectivity index (χ2n) is 7.93. The number of aromatic amines is 1. The molecule has 4 rings (SSSR count). The zero-order valence-corrected chi connectivity index (χ0v) is 17.7. The van der Waals surface area contributed by atoms with Gasteiger partial charge in [-0.3, -0.25) is 4.79 Å². The van der Waals surface area contributed by atoms with Crippen LogP contribution in [0.5, 0.6) is 0 Å². The first-order chi connectivity index (χ1) is 15.1. The smallest absolute Gasteiger partial charge is 0.328 e. The Bertz CT molecular complexity index is 1090. The van der Waals surface area contributed by atoms with E-state index in [2.05, 4.69) is 28.5 Å². The van der Waals surface area contributed by atoms with Gasteiger partial charge in [-0.25, -0.2) is 4.79 Å². The Balaban J connectivity index is 1.37. The van der Waals surface area contributed by atoms with Crippen molar-refractivity contribution in [2.75, 3.05) is 26.7 Å². The van der Waals surface area contributed by atoms with Crippen molar-refractivity contribution in [2.45, 2.75) is 18.9 Å². The number of quaternary nitrogens is 1. The summed E-state index contributed by atoms with van der Waals surface area (Å²) in [4.78, 5) is 29.5. The molecule has 0 spiro atoms. The standard InChI is InChI=1S/C25H27N3O3/c1-31-25(30)23(15-20-16-26-22-10-6-5-9-21(20)22)27-24(29)17-28-13-11-19(12-14-28)18-7-3-2-4-8-18/h2-11,16,23,26H,12-15,17H2,1H3,(H,27,29)/p+1/t23-/m1/s1. The fourth-order valence-electron chi connectivity index (χ4n) is 4.19. The number of H-pyrrole nitrogens is 1. The topological polar surface area (TPSA) is 75.6 Å². The van der Waals surface area contributed by atoms with Crippen molar-refractivity contribution in [3.63, 3.8) is 0 Å². The first-order valence-electron chi connectivity index (χ1n) is 10.6. The molecule has 31 heavy (non-hydrogen) atoms. The molecule has 1 aliphatic rings. The molecule has 6 nitrogen and oxygen atoms in total. The first-order valence-corrected chi connectivity index (χ1v) is 10.6. The third-order valence-electron chi connectivity index (χ3n) is 5.86. The minimum Gasteiger partial charge on any atom is -0.467 e. The van der Waals surface area contributed by atoms with E-state index >= 15 is 0 Å². The van der Waals surface area contributed by atoms with Crippen molar-refractivity contribution in [1.82, 2.24) is 10.3 Å². The van der Waals surface area contributed by atoms with Gasteiger partial charge in [0.15, 0.2) is 6.54 Å². The molecule has 0 bridgehead atoms. The number of carbonyl (C=O) groups excluding carboxylic acids is 2. The number of ether oxygens (including phenoxy) is 1. The summed E-state index contributed by atoms with van der Waals surface area (Å²) in [5, 5.41) is 3.94. The molecule has 2 aromatic carbocycles. The molecule has 2 heterocycles. The van der Waals surface area contributed by atoms with Gasteiger partial charge in [0.2, 0.25) is 0 Å². The van der Waals surface area contributed by atoms with Crippen LogP contribution in [-0.2, 0) is 20.7 Å². The summed E-state index contributed by atoms with van der Waals surface area (Å²) in [6.45, 7) is 2.02. The lowest BCUT2D eigenvalue weighted by atomic mass is 9.99. The van der Waals surface area contributed by atoms with Crippen LogP contribution >= 0.6 is 0 Å². The maximum atomic E-state index is 12.7. The number of carbonyl (C=O) groups is 2. The van der Waals surface area contributed by atoms with E-state index in [9.17, 15) is 9.59 Å². The van der Waals surface area contributed by atoms with Gasteiger partial charge >= 0.3 is 5.97 Å². The van der Waals surface area contributed by atoms with Gasteiger partial charge < -0.3 is 19.9 Å². The Morgan fingerprint density at radius 1 is 1.13 bits per heavy atom. The maximum Gasteiger partial charge on any atom is 0.328 e. The Hall–Kier alpha value is -3.38. The van der Waals surface area contributed by atoms with Gasteiger partial charge in [-0.2, -0.15) is 0 Å². The molecule has 1 unspecified atom stereocenters. The molecular weight excluding hydrogens is 390 g/mol. The van der Waals surface area contributed by atoms with Crippen LogP contribution in [0.4, 0.5) is 0 Å². The fourth-order valence-corrected chi connectivity index (χ4v) is 4.19. The van der Waals surface area contributed by atoms with Crippen LogP contribution in [0.1, 0.15) is 17.5 Å². The summed E-state index contributed by atoms with van der Waals surface area (Å²) in [5.74, 6) is -0.569. The second kappa shape index (κ2) is 9.62. The highest BCUT2D eigenvalue weighted by Crippen LogP contribution is 2.20. The predicted octanol–water partition coefficient (Wildman–Crippen LogP) is 1.74. The van der Waals surface area contributed by atoms with E-state index in [1.54, 1.807) is 0 Å². The number of nitrogens with one attached hydrogen (secondary N) is 3. The summed E-state index contributed by atoms with van der Waals surface area (Å²) >= 11 is 0. The van der Waals surface area contributed by atoms with Crippen LogP contribution in [0, 0.1) is 0 Å². The number of rotatable bonds is 7. The van der Waals surface area contributed by atoms with E-state index in [0.29, 0.717) is 13.0 Å². The number of esters is 1. The lowest BCUT2D eigenvalue weighted by Crippen LogP contribution is -3.13. The molecule has 1 aromatic heterocycles. The van der Waals surface area contributed by atoms with Crippen LogP contribution in [0.25, 0.3) is 16.5 Å². The van der Waals surface area contributed by atoms with E-state index in [1.165, 1.54) is 23.1 Å². The summed E-state index contributed by atoms with van der Waals surface area (Å²) < 4.78 is 4.95. The maximum absolute atomic E-state index is 12.7. The van der Waals surface area contributed by atoms with Crippen LogP contribution < -0.4 is 10.2 Å². The Labute approximate surface area is 181 Å². The quantitative estimate of drug-likeness (QED) is 0.512. The van der Waals surface area contributed by atoms with Crippen LogP contribution in [-0.4, -0.2) is 49.6 Å². The van der Waals surface area contributed by atoms with Crippen molar-refractivity contribution in [2.24, 2.45) is 0 Å². The SMILES string of the molecule is COC(=O)[C@@H](Cc1c[nH]c2ccccc12)NC(=O)C[NH+]1CC=C(c2ccccc2)CC1. The average molecular weight is 419 g/mol. The minimum atomic E-state index is -0.712. The van der Waals surface area contributed by atoms with Gasteiger partial charge in [-0.15, -0.1) is 0 Å². The lowest BCUT2D eigenvalue weighted by Gasteiger charge is -2.24. The normalized spacial score (nSPS) is 17.1. The number of methoxy groups -OCH3 is 1. The number of para-hydroxylation sites is 1. The van der Waals surface area contributed by atoms with Gasteiger partial charge in [-0.1, -0.05) is 48.5 Å². The Kier molecular flexibility index (Phi) is 6.48. The summed E-state index contributed by atoms with van der Waals surface area (Å²) in [7, 11) is 1.35. The Morgan fingerprint density at radius 3 is 2.65 bits per heavy atom. The summed E-state index contributed by atoms with van der Waals surface area (Å²) in [6, 6.07) is 17.5. The molecule has 0 saturated carbocycles. The van der Waals surface area contributed by atoms with E-state index < -0.39 is 12.0 Å². The highest BCUT2D eigenvalue weighted by atomic mass is 16.5. The van der Waals surface area contributed by atoms with Crippen molar-refractivity contribution in [1.29, 1.82) is 0 Å². The molecule has 2 atom stereocenters. The van der Waals surface area contributed by atoms with E-state index in [4.69, 9.17) is 4.74 Å². The molecule has 0 aliphatic carbocycles. The van der Waals surface area contributed by atoms with Gasteiger partial charge in [-0.05, 0) is 28.8 Å². The number of hydrogen-bond donors (Lipinski definition) is 3. The second-order valence-corrected chi connectivity index (χ2v) is 7.93. The highest BCUT2D eigenvalue weighted by molar-refractivity contribution is 5.87. The summed E-state index contributed by atoms with van der Waals surface area (Å²) in [6.07, 6.45) is 5.42. The molecule has 0 saturated heterocycles. The molecule has 0 radical (unpaired) electrons. The third-order valence-corrected chi connectivity index (χ3v) is 5.86. The highest BCUT2D eigenvalue weighted by Gasteiger charge is 2.26. The van der Waals surface area contributed by atoms with Crippen LogP contribution in [0.3, 0.4) is 0 Å². The monoisotopic (exact) mass is 418 g/mol. The van der Waals surface area contributed by atoms with Gasteiger partial charge in [0, 0.05) is 29.9 Å². The third kappa shape index (κ3) is 5.03. The zero-order valence-electron chi connectivity index (χ0n) is 17.7. The van der Waals surface area contributed by atoms with Gasteiger partial charge in [0.25, 0.3) is 5.91 Å². The Morgan fingerprint density at radius 2 is 1.90 bits per heavy atom. The molecule has 160 valence electrons. The van der Waals surface area contributed by atoms with Crippen molar-refractivity contribution >= 4 is 28.4 Å². The number of aromatic nitrogens is 1. The zero-order chi connectivity index (χ0) is 21.6. The van der Waals surface area contributed by atoms with Crippen molar-refractivity contribution in [3.8, 4) is 0 Å². The van der Waals surface area contributed by atoms with E-state index in [0.717, 1.165) is 36.0 Å². The van der Waals surface area contributed by atoms with Crippen LogP contribution in [0.15, 0.2) is 66.9 Å². The van der Waals surface area contributed by atoms with Gasteiger partial charge in [0.05, 0.1) is 20.2 Å². The molecule has 1 aliphatic heterocycles. The average Bonchev–Trinajstić information content (AvgIpc) is 3.22. The first kappa shape index (κ1) is 20.9. The predicted molar refractivity (Wildman–Crippen MR) is 121 cm³/mol. The van der Waals surface area contributed by atoms with Crippen molar-refractivity contribution < 1.29 is 19.2 Å². The molecule has 1 amide bonds. The van der Waals surface area contributed by atoms with Gasteiger partial charge in [0.1, 0.15) is 6.04 Å². The molecular formula is C25H28N3O3+.